The van der Waals surface area contributed by atoms with Gasteiger partial charge >= 0.3 is 0 Å². The number of benzene rings is 2. The monoisotopic (exact) mass is 480 g/mol. The second-order valence-electron chi connectivity index (χ2n) is 7.47. The minimum Gasteiger partial charge on any atom is -0.495 e. The van der Waals surface area contributed by atoms with E-state index in [9.17, 15) is 4.79 Å². The second kappa shape index (κ2) is 9.43. The minimum atomic E-state index is -0.243. The molecule has 0 atom stereocenters. The Hall–Kier alpha value is -3.07. The van der Waals surface area contributed by atoms with E-state index in [0.717, 1.165) is 35.1 Å². The molecule has 1 saturated heterocycles. The van der Waals surface area contributed by atoms with Crippen LogP contribution in [0.15, 0.2) is 64.6 Å². The van der Waals surface area contributed by atoms with Crippen LogP contribution in [0.3, 0.4) is 0 Å². The molecule has 33 heavy (non-hydrogen) atoms. The summed E-state index contributed by atoms with van der Waals surface area (Å²) < 4.78 is 12.5. The van der Waals surface area contributed by atoms with Gasteiger partial charge in [-0.05, 0) is 48.2 Å². The van der Waals surface area contributed by atoms with Crippen LogP contribution in [0, 0.1) is 0 Å². The van der Waals surface area contributed by atoms with Gasteiger partial charge in [0.2, 0.25) is 0 Å². The Bertz CT molecular complexity index is 1250. The molecule has 1 aromatic heterocycles. The molecule has 2 aromatic carbocycles. The Morgan fingerprint density at radius 3 is 2.67 bits per heavy atom. The van der Waals surface area contributed by atoms with E-state index in [1.54, 1.807) is 11.8 Å². The van der Waals surface area contributed by atoms with Crippen LogP contribution >= 0.6 is 23.4 Å². The Labute approximate surface area is 200 Å². The first-order valence-corrected chi connectivity index (χ1v) is 11.7. The van der Waals surface area contributed by atoms with Gasteiger partial charge in [0.1, 0.15) is 11.4 Å². The Kier molecular flexibility index (Phi) is 6.22. The number of halogens is 1. The molecule has 5 rings (SSSR count). The van der Waals surface area contributed by atoms with Crippen LogP contribution in [-0.4, -0.2) is 59.2 Å². The molecule has 0 spiro atoms. The summed E-state index contributed by atoms with van der Waals surface area (Å²) in [6.45, 7) is 2.74. The van der Waals surface area contributed by atoms with Gasteiger partial charge in [-0.15, -0.1) is 0 Å². The van der Waals surface area contributed by atoms with Crippen molar-refractivity contribution in [1.29, 1.82) is 0 Å². The van der Waals surface area contributed by atoms with Gasteiger partial charge in [0.15, 0.2) is 5.17 Å². The summed E-state index contributed by atoms with van der Waals surface area (Å²) in [5.74, 6) is 0.348. The largest absolute Gasteiger partial charge is 0.495 e. The Morgan fingerprint density at radius 1 is 1.15 bits per heavy atom. The third kappa shape index (κ3) is 4.55. The first kappa shape index (κ1) is 21.8. The SMILES string of the molecule is COc1ccc(-c2nn(-c3ccccc3)cc2/C=C2\SC(N3CCOCC3)=NC2=O)cc1Cl. The number of ether oxygens (including phenoxy) is 2. The third-order valence-electron chi connectivity index (χ3n) is 5.37. The first-order chi connectivity index (χ1) is 16.1. The van der Waals surface area contributed by atoms with Crippen molar-refractivity contribution < 1.29 is 14.3 Å². The van der Waals surface area contributed by atoms with Crippen LogP contribution in [-0.2, 0) is 9.53 Å². The van der Waals surface area contributed by atoms with E-state index in [0.29, 0.717) is 34.6 Å². The molecular formula is C24H21ClN4O3S. The van der Waals surface area contributed by atoms with Gasteiger partial charge in [-0.2, -0.15) is 10.1 Å². The lowest BCUT2D eigenvalue weighted by Gasteiger charge is -2.27. The summed E-state index contributed by atoms with van der Waals surface area (Å²) in [6, 6.07) is 15.4. The maximum absolute atomic E-state index is 12.7. The number of carbonyl (C=O) groups excluding carboxylic acids is 1. The number of hydrogen-bond donors (Lipinski definition) is 0. The lowest BCUT2D eigenvalue weighted by Crippen LogP contribution is -2.38. The van der Waals surface area contributed by atoms with Crippen molar-refractivity contribution in [3.05, 3.63) is 70.2 Å². The van der Waals surface area contributed by atoms with Crippen molar-refractivity contribution in [3.8, 4) is 22.7 Å². The van der Waals surface area contributed by atoms with Crippen molar-refractivity contribution in [3.63, 3.8) is 0 Å². The van der Waals surface area contributed by atoms with E-state index in [-0.39, 0.29) is 5.91 Å². The van der Waals surface area contributed by atoms with Crippen LogP contribution in [0.2, 0.25) is 5.02 Å². The molecular weight excluding hydrogens is 460 g/mol. The topological polar surface area (TPSA) is 68.9 Å². The van der Waals surface area contributed by atoms with Gasteiger partial charge in [-0.25, -0.2) is 4.68 Å². The van der Waals surface area contributed by atoms with Crippen molar-refractivity contribution >= 4 is 40.5 Å². The van der Waals surface area contributed by atoms with Gasteiger partial charge < -0.3 is 14.4 Å². The first-order valence-electron chi connectivity index (χ1n) is 10.5. The molecule has 0 saturated carbocycles. The number of aromatic nitrogens is 2. The number of aliphatic imine (C=N–C) groups is 1. The number of nitrogens with zero attached hydrogens (tertiary/aromatic N) is 4. The second-order valence-corrected chi connectivity index (χ2v) is 8.89. The van der Waals surface area contributed by atoms with Crippen LogP contribution < -0.4 is 4.74 Å². The molecule has 2 aliphatic heterocycles. The number of methoxy groups -OCH3 is 1. The standard InChI is InChI=1S/C24H21ClN4O3S/c1-31-20-8-7-16(13-19(20)25)22-17(15-29(27-22)18-5-3-2-4-6-18)14-21-23(30)26-24(33-21)28-9-11-32-12-10-28/h2-8,13-15H,9-12H2,1H3/b21-14-. The Balaban J connectivity index is 1.53. The van der Waals surface area contributed by atoms with Crippen LogP contribution in [0.25, 0.3) is 23.0 Å². The predicted molar refractivity (Wildman–Crippen MR) is 131 cm³/mol. The van der Waals surface area contributed by atoms with E-state index in [2.05, 4.69) is 9.89 Å². The van der Waals surface area contributed by atoms with Crippen LogP contribution in [0.4, 0.5) is 0 Å². The number of amides is 1. The molecule has 0 N–H and O–H groups in total. The van der Waals surface area contributed by atoms with Gasteiger partial charge in [0.05, 0.1) is 35.9 Å². The van der Waals surface area contributed by atoms with Gasteiger partial charge in [-0.3, -0.25) is 4.79 Å². The highest BCUT2D eigenvalue weighted by atomic mass is 35.5. The van der Waals surface area contributed by atoms with E-state index < -0.39 is 0 Å². The Morgan fingerprint density at radius 2 is 1.94 bits per heavy atom. The van der Waals surface area contributed by atoms with Crippen molar-refractivity contribution in [2.24, 2.45) is 4.99 Å². The number of morpholine rings is 1. The maximum atomic E-state index is 12.7. The molecule has 3 aromatic rings. The van der Waals surface area contributed by atoms with Crippen molar-refractivity contribution in [2.45, 2.75) is 0 Å². The van der Waals surface area contributed by atoms with E-state index in [4.69, 9.17) is 26.2 Å². The number of amidine groups is 1. The fourth-order valence-corrected chi connectivity index (χ4v) is 4.89. The molecule has 7 nitrogen and oxygen atoms in total. The smallest absolute Gasteiger partial charge is 0.286 e. The summed E-state index contributed by atoms with van der Waals surface area (Å²) in [5, 5.41) is 6.03. The summed E-state index contributed by atoms with van der Waals surface area (Å²) in [6.07, 6.45) is 3.76. The molecule has 9 heteroatoms. The predicted octanol–water partition coefficient (Wildman–Crippen LogP) is 4.50. The highest BCUT2D eigenvalue weighted by molar-refractivity contribution is 8.18. The fraction of sp³-hybridized carbons (Fsp3) is 0.208. The maximum Gasteiger partial charge on any atom is 0.286 e. The lowest BCUT2D eigenvalue weighted by molar-refractivity contribution is -0.113. The minimum absolute atomic E-state index is 0.243. The van der Waals surface area contributed by atoms with Gasteiger partial charge in [-0.1, -0.05) is 29.8 Å². The molecule has 3 heterocycles. The molecule has 168 valence electrons. The molecule has 0 radical (unpaired) electrons. The van der Waals surface area contributed by atoms with Crippen molar-refractivity contribution in [2.75, 3.05) is 33.4 Å². The van der Waals surface area contributed by atoms with E-state index >= 15 is 0 Å². The quantitative estimate of drug-likeness (QED) is 0.512. The molecule has 1 amide bonds. The zero-order valence-corrected chi connectivity index (χ0v) is 19.5. The molecule has 1 fully saturated rings. The highest BCUT2D eigenvalue weighted by Gasteiger charge is 2.28. The fourth-order valence-electron chi connectivity index (χ4n) is 3.67. The van der Waals surface area contributed by atoms with Crippen LogP contribution in [0.5, 0.6) is 5.75 Å². The average Bonchev–Trinajstić information content (AvgIpc) is 3.44. The lowest BCUT2D eigenvalue weighted by atomic mass is 10.1. The summed E-state index contributed by atoms with van der Waals surface area (Å²) in [7, 11) is 1.58. The number of carbonyl (C=O) groups is 1. The van der Waals surface area contributed by atoms with E-state index in [1.165, 1.54) is 11.8 Å². The number of thioether (sulfide) groups is 1. The average molecular weight is 481 g/mol. The highest BCUT2D eigenvalue weighted by Crippen LogP contribution is 2.35. The zero-order chi connectivity index (χ0) is 22.8. The normalized spacial score (nSPS) is 17.5. The summed E-state index contributed by atoms with van der Waals surface area (Å²) in [4.78, 5) is 19.6. The number of hydrogen-bond acceptors (Lipinski definition) is 6. The molecule has 2 aliphatic rings. The van der Waals surface area contributed by atoms with Gasteiger partial charge in [0.25, 0.3) is 5.91 Å². The molecule has 0 bridgehead atoms. The number of rotatable bonds is 4. The molecule has 0 unspecified atom stereocenters. The van der Waals surface area contributed by atoms with Crippen molar-refractivity contribution in [1.82, 2.24) is 14.7 Å². The summed E-state index contributed by atoms with van der Waals surface area (Å²) in [5.41, 5.74) is 3.25. The van der Waals surface area contributed by atoms with Gasteiger partial charge in [0, 0.05) is 30.4 Å². The van der Waals surface area contributed by atoms with E-state index in [1.807, 2.05) is 60.8 Å². The summed E-state index contributed by atoms with van der Waals surface area (Å²) >= 11 is 7.77. The number of para-hydroxylation sites is 1. The third-order valence-corrected chi connectivity index (χ3v) is 6.71. The molecule has 0 aliphatic carbocycles. The van der Waals surface area contributed by atoms with Crippen LogP contribution in [0.1, 0.15) is 5.56 Å². The zero-order valence-electron chi connectivity index (χ0n) is 17.9.